The Hall–Kier alpha value is -3.01. The summed E-state index contributed by atoms with van der Waals surface area (Å²) < 4.78 is 21.7. The number of halogens is 3. The van der Waals surface area contributed by atoms with E-state index in [0.29, 0.717) is 62.0 Å². The van der Waals surface area contributed by atoms with E-state index in [1.165, 1.54) is 24.8 Å². The first-order chi connectivity index (χ1) is 38.1. The molecule has 0 saturated carbocycles. The average molecular weight is 1170 g/mol. The number of aryl methyl sites for hydroxylation is 1. The van der Waals surface area contributed by atoms with E-state index < -0.39 is 12.2 Å². The fourth-order valence-corrected chi connectivity index (χ4v) is 7.42. The lowest BCUT2D eigenvalue weighted by atomic mass is 10.0. The second-order valence-electron chi connectivity index (χ2n) is 18.0. The molecule has 0 fully saturated rings. The summed E-state index contributed by atoms with van der Waals surface area (Å²) >= 11 is 17.6. The second-order valence-corrected chi connectivity index (χ2v) is 19.1. The second kappa shape index (κ2) is 61.1. The number of aliphatic hydroxyl groups excluding tert-OH is 3. The van der Waals surface area contributed by atoms with Crippen molar-refractivity contribution in [2.45, 2.75) is 185 Å². The van der Waals surface area contributed by atoms with Crippen molar-refractivity contribution in [3.8, 4) is 11.5 Å². The first-order valence-corrected chi connectivity index (χ1v) is 30.7. The number of rotatable bonds is 36. The molecule has 458 valence electrons. The SMILES string of the molecule is C=CC(=C)CCl.CC.CC.CC/C=C(/C)CC.CCCCCN(Cc1cc(C(O)CNCCCCCCCOCCOCc2c(Cl)cccc2Cl)ccc1O)CC(O)c1ccc(O)c(C)c1.CCCCOCCOCC.CCO. The van der Waals surface area contributed by atoms with Crippen molar-refractivity contribution in [3.05, 3.63) is 129 Å². The number of allylic oxidation sites excluding steroid dienone is 4. The topological polar surface area (TPSA) is 153 Å². The van der Waals surface area contributed by atoms with Crippen molar-refractivity contribution >= 4 is 34.8 Å². The van der Waals surface area contributed by atoms with Crippen molar-refractivity contribution in [3.63, 3.8) is 0 Å². The number of unbranched alkanes of at least 4 members (excludes halogenated alkanes) is 7. The molecular formula is C65H113Cl3N2O9. The number of phenols is 2. The number of aliphatic hydroxyl groups is 3. The smallest absolute Gasteiger partial charge is 0.120 e. The van der Waals surface area contributed by atoms with Gasteiger partial charge in [0.05, 0.1) is 45.2 Å². The first kappa shape index (κ1) is 82.5. The molecule has 0 aliphatic rings. The average Bonchev–Trinajstić information content (AvgIpc) is 3.45. The molecule has 11 nitrogen and oxygen atoms in total. The van der Waals surface area contributed by atoms with E-state index in [0.717, 1.165) is 131 Å². The molecule has 0 heterocycles. The molecule has 0 aliphatic heterocycles. The number of nitrogens with zero attached hydrogens (tertiary/aromatic N) is 1. The Morgan fingerprint density at radius 1 is 0.696 bits per heavy atom. The minimum absolute atomic E-state index is 0.178. The third-order valence-electron chi connectivity index (χ3n) is 11.4. The first-order valence-electron chi connectivity index (χ1n) is 29.4. The van der Waals surface area contributed by atoms with Crippen LogP contribution >= 0.6 is 34.8 Å². The van der Waals surface area contributed by atoms with Gasteiger partial charge in [-0.25, -0.2) is 0 Å². The van der Waals surface area contributed by atoms with Gasteiger partial charge in [-0.15, -0.1) is 11.6 Å². The molecule has 79 heavy (non-hydrogen) atoms. The molecule has 14 heteroatoms. The Morgan fingerprint density at radius 2 is 1.24 bits per heavy atom. The third kappa shape index (κ3) is 48.3. The van der Waals surface area contributed by atoms with Crippen LogP contribution in [0.2, 0.25) is 10.0 Å². The number of hydrogen-bond acceptors (Lipinski definition) is 11. The van der Waals surface area contributed by atoms with E-state index in [2.05, 4.69) is 64.1 Å². The summed E-state index contributed by atoms with van der Waals surface area (Å²) in [5.74, 6) is 0.875. The molecule has 0 aromatic heterocycles. The zero-order valence-electron chi connectivity index (χ0n) is 51.5. The van der Waals surface area contributed by atoms with Crippen LogP contribution in [0.15, 0.2) is 91.1 Å². The molecule has 3 rings (SSSR count). The van der Waals surface area contributed by atoms with Gasteiger partial charge in [0, 0.05) is 73.1 Å². The fourth-order valence-electron chi connectivity index (χ4n) is 6.80. The Labute approximate surface area is 497 Å². The third-order valence-corrected chi connectivity index (χ3v) is 12.5. The van der Waals surface area contributed by atoms with E-state index in [-0.39, 0.29) is 18.1 Å². The van der Waals surface area contributed by atoms with Gasteiger partial charge in [-0.3, -0.25) is 4.90 Å². The molecule has 0 bridgehead atoms. The quantitative estimate of drug-likeness (QED) is 0.0143. The minimum Gasteiger partial charge on any atom is -0.508 e. The summed E-state index contributed by atoms with van der Waals surface area (Å²) in [6.45, 7) is 39.7. The number of hydrogen-bond donors (Lipinski definition) is 6. The minimum atomic E-state index is -0.730. The highest BCUT2D eigenvalue weighted by Crippen LogP contribution is 2.27. The summed E-state index contributed by atoms with van der Waals surface area (Å²) in [6, 6.07) is 15.9. The monoisotopic (exact) mass is 1170 g/mol. The number of alkyl halides is 1. The van der Waals surface area contributed by atoms with Gasteiger partial charge in [0.25, 0.3) is 0 Å². The summed E-state index contributed by atoms with van der Waals surface area (Å²) in [6.07, 6.45) is 15.8. The van der Waals surface area contributed by atoms with Crippen LogP contribution < -0.4 is 5.32 Å². The van der Waals surface area contributed by atoms with Gasteiger partial charge in [0.1, 0.15) is 11.5 Å². The van der Waals surface area contributed by atoms with Gasteiger partial charge in [0.2, 0.25) is 0 Å². The number of benzene rings is 3. The molecule has 6 N–H and O–H groups in total. The van der Waals surface area contributed by atoms with Gasteiger partial charge in [-0.05, 0) is 138 Å². The highest BCUT2D eigenvalue weighted by molar-refractivity contribution is 6.35. The number of aromatic hydroxyl groups is 2. The van der Waals surface area contributed by atoms with Crippen molar-refractivity contribution in [1.29, 1.82) is 0 Å². The van der Waals surface area contributed by atoms with Crippen LogP contribution in [0.5, 0.6) is 11.5 Å². The number of nitrogens with one attached hydrogen (secondary N) is 1. The molecular weight excluding hydrogens is 1060 g/mol. The van der Waals surface area contributed by atoms with Crippen LogP contribution in [-0.4, -0.2) is 115 Å². The molecule has 3 aromatic carbocycles. The van der Waals surface area contributed by atoms with Gasteiger partial charge < -0.3 is 49.8 Å². The maximum Gasteiger partial charge on any atom is 0.120 e. The Morgan fingerprint density at radius 3 is 1.76 bits per heavy atom. The summed E-state index contributed by atoms with van der Waals surface area (Å²) in [5.41, 5.74) is 6.12. The molecule has 0 spiro atoms. The van der Waals surface area contributed by atoms with Crippen LogP contribution in [-0.2, 0) is 32.1 Å². The van der Waals surface area contributed by atoms with Gasteiger partial charge in [-0.1, -0.05) is 166 Å². The van der Waals surface area contributed by atoms with Gasteiger partial charge in [0.15, 0.2) is 0 Å². The van der Waals surface area contributed by atoms with Crippen LogP contribution in [0.25, 0.3) is 0 Å². The van der Waals surface area contributed by atoms with Crippen LogP contribution in [0, 0.1) is 6.92 Å². The van der Waals surface area contributed by atoms with Crippen LogP contribution in [0.1, 0.15) is 193 Å². The molecule has 0 aliphatic carbocycles. The Bertz CT molecular complexity index is 1840. The number of phenolic OH excluding ortho intramolecular Hbond substituents is 2. The largest absolute Gasteiger partial charge is 0.508 e. The van der Waals surface area contributed by atoms with Gasteiger partial charge >= 0.3 is 0 Å². The van der Waals surface area contributed by atoms with E-state index in [1.54, 1.807) is 49.4 Å². The Balaban J connectivity index is -0.000000763. The standard InChI is InChI=1S/C39H56Cl2N2O6.C8H18O2.C7H14.C5H7Cl.C2H6O.2C2H6/c1-3-4-9-19-43(27-39(47)30-14-16-36(44)29(2)23-30)26-32-24-31(15-17-37(32)45)38(46)25-42-18-8-6-5-7-10-20-48-21-22-49-28-33-34(40)12-11-13-35(33)41;1-3-5-6-10-8-7-9-4-2;1-4-6-7(3)5-2;1-3-5(2)4-6;1-2-3;2*1-2/h11-17,23-24,38-39,42,44-47H,3-10,18-22,25-28H2,1-2H3;3-8H2,1-2H3;6H,4-5H2,1-3H3;3H,1-2,4H2;3H,2H2,1H3;2*1-2H3/b;;7-6-;;;;. The predicted molar refractivity (Wildman–Crippen MR) is 341 cm³/mol. The van der Waals surface area contributed by atoms with E-state index in [1.807, 2.05) is 59.7 Å². The lowest BCUT2D eigenvalue weighted by molar-refractivity contribution is 0.0393. The summed E-state index contributed by atoms with van der Waals surface area (Å²) in [5, 5.41) is 54.6. The van der Waals surface area contributed by atoms with E-state index >= 15 is 0 Å². The van der Waals surface area contributed by atoms with Crippen LogP contribution in [0.3, 0.4) is 0 Å². The lowest BCUT2D eigenvalue weighted by Crippen LogP contribution is -2.29. The van der Waals surface area contributed by atoms with E-state index in [9.17, 15) is 20.4 Å². The fraction of sp³-hybridized carbons (Fsp3) is 0.631. The zero-order valence-corrected chi connectivity index (χ0v) is 53.7. The molecule has 0 radical (unpaired) electrons. The molecule has 3 aromatic rings. The van der Waals surface area contributed by atoms with Gasteiger partial charge in [-0.2, -0.15) is 0 Å². The van der Waals surface area contributed by atoms with Crippen LogP contribution in [0.4, 0.5) is 0 Å². The van der Waals surface area contributed by atoms with Crippen molar-refractivity contribution in [2.75, 3.05) is 84.9 Å². The lowest BCUT2D eigenvalue weighted by Gasteiger charge is -2.26. The highest BCUT2D eigenvalue weighted by atomic mass is 35.5. The van der Waals surface area contributed by atoms with Crippen molar-refractivity contribution in [2.24, 2.45) is 0 Å². The predicted octanol–water partition coefficient (Wildman–Crippen LogP) is 16.9. The normalized spacial score (nSPS) is 11.3. The highest BCUT2D eigenvalue weighted by Gasteiger charge is 2.18. The summed E-state index contributed by atoms with van der Waals surface area (Å²) in [7, 11) is 0. The Kier molecular flexibility index (Phi) is 63.7. The molecule has 0 saturated heterocycles. The van der Waals surface area contributed by atoms with Crippen molar-refractivity contribution in [1.82, 2.24) is 10.2 Å². The maximum absolute atomic E-state index is 11.0. The molecule has 2 unspecified atom stereocenters. The molecule has 2 atom stereocenters. The maximum atomic E-state index is 11.0. The van der Waals surface area contributed by atoms with E-state index in [4.69, 9.17) is 58.9 Å². The number of ether oxygens (including phenoxy) is 4. The summed E-state index contributed by atoms with van der Waals surface area (Å²) in [4.78, 5) is 2.15. The molecule has 0 amide bonds. The van der Waals surface area contributed by atoms with Crippen molar-refractivity contribution < 1.29 is 44.5 Å². The zero-order chi connectivity index (χ0) is 60.5.